The number of nitrogens with zero attached hydrogens (tertiary/aromatic N) is 1. The molecule has 0 aromatic carbocycles. The van der Waals surface area contributed by atoms with Crippen LogP contribution in [0.4, 0.5) is 13.2 Å². The molecule has 0 bridgehead atoms. The molecule has 7 heteroatoms. The monoisotopic (exact) mass is 363 g/mol. The first-order valence-electron chi connectivity index (χ1n) is 4.55. The predicted molar refractivity (Wildman–Crippen MR) is 67.8 cm³/mol. The van der Waals surface area contributed by atoms with Gasteiger partial charge in [-0.3, -0.25) is 4.79 Å². The molecule has 0 amide bonds. The highest BCUT2D eigenvalue weighted by atomic mass is 127. The van der Waals surface area contributed by atoms with Crippen LogP contribution in [0.3, 0.4) is 0 Å². The van der Waals surface area contributed by atoms with E-state index in [0.29, 0.717) is 0 Å². The molecule has 1 rings (SSSR count). The van der Waals surface area contributed by atoms with Gasteiger partial charge in [0.05, 0.1) is 12.1 Å². The molecule has 0 atom stereocenters. The quantitative estimate of drug-likeness (QED) is 0.616. The molecule has 1 heterocycles. The van der Waals surface area contributed by atoms with Gasteiger partial charge < -0.3 is 9.67 Å². The van der Waals surface area contributed by atoms with Crippen LogP contribution < -0.4 is 5.43 Å². The SMILES string of the molecule is CI.Cc1c(O)c(=O)c(CC(F)(F)F)cn1C. The smallest absolute Gasteiger partial charge is 0.393 e. The highest BCUT2D eigenvalue weighted by molar-refractivity contribution is 14.1. The first-order chi connectivity index (χ1) is 7.72. The number of pyridine rings is 1. The number of rotatable bonds is 1. The fraction of sp³-hybridized carbons (Fsp3) is 0.500. The number of aromatic nitrogens is 1. The molecule has 1 aromatic rings. The van der Waals surface area contributed by atoms with Crippen LogP contribution in [-0.2, 0) is 13.5 Å². The lowest BCUT2D eigenvalue weighted by molar-refractivity contribution is -0.127. The van der Waals surface area contributed by atoms with Crippen molar-refractivity contribution in [1.29, 1.82) is 0 Å². The van der Waals surface area contributed by atoms with E-state index < -0.39 is 29.3 Å². The van der Waals surface area contributed by atoms with Crippen molar-refractivity contribution in [2.24, 2.45) is 7.05 Å². The zero-order chi connectivity index (χ0) is 13.8. The van der Waals surface area contributed by atoms with Crippen LogP contribution in [0.1, 0.15) is 11.3 Å². The summed E-state index contributed by atoms with van der Waals surface area (Å²) in [6.45, 7) is 1.45. The standard InChI is InChI=1S/C9H10F3NO2.CH3I/c1-5-7(14)8(15)6(4-13(5)2)3-9(10,11)12;1-2/h4,14H,3H2,1-2H3;1H3. The molecule has 0 spiro atoms. The number of hydrogen-bond donors (Lipinski definition) is 1. The van der Waals surface area contributed by atoms with Gasteiger partial charge in [-0.1, -0.05) is 22.6 Å². The van der Waals surface area contributed by atoms with E-state index in [1.807, 2.05) is 4.93 Å². The lowest BCUT2D eigenvalue weighted by atomic mass is 10.1. The van der Waals surface area contributed by atoms with Crippen molar-refractivity contribution < 1.29 is 18.3 Å². The summed E-state index contributed by atoms with van der Waals surface area (Å²) in [4.78, 5) is 13.2. The van der Waals surface area contributed by atoms with Crippen LogP contribution in [0, 0.1) is 6.92 Å². The second-order valence-electron chi connectivity index (χ2n) is 3.32. The van der Waals surface area contributed by atoms with E-state index in [0.717, 1.165) is 6.20 Å². The lowest BCUT2D eigenvalue weighted by Crippen LogP contribution is -2.21. The van der Waals surface area contributed by atoms with E-state index in [9.17, 15) is 23.1 Å². The number of aromatic hydroxyl groups is 1. The maximum Gasteiger partial charge on any atom is 0.393 e. The summed E-state index contributed by atoms with van der Waals surface area (Å²) in [5, 5.41) is 9.26. The predicted octanol–water partition coefficient (Wildman–Crippen LogP) is 2.56. The molecule has 17 heavy (non-hydrogen) atoms. The van der Waals surface area contributed by atoms with E-state index in [-0.39, 0.29) is 5.69 Å². The van der Waals surface area contributed by atoms with E-state index in [1.165, 1.54) is 18.5 Å². The first kappa shape index (κ1) is 16.3. The Morgan fingerprint density at radius 2 is 1.88 bits per heavy atom. The van der Waals surface area contributed by atoms with Crippen LogP contribution in [0.2, 0.25) is 0 Å². The molecule has 0 aliphatic carbocycles. The van der Waals surface area contributed by atoms with Crippen molar-refractivity contribution in [3.8, 4) is 5.75 Å². The molecule has 98 valence electrons. The van der Waals surface area contributed by atoms with Gasteiger partial charge in [0.2, 0.25) is 5.43 Å². The Morgan fingerprint density at radius 1 is 1.41 bits per heavy atom. The van der Waals surface area contributed by atoms with Crippen LogP contribution in [0.5, 0.6) is 5.75 Å². The summed E-state index contributed by atoms with van der Waals surface area (Å²) in [7, 11) is 1.47. The molecule has 0 aliphatic heterocycles. The average molecular weight is 363 g/mol. The van der Waals surface area contributed by atoms with Gasteiger partial charge in [-0.15, -0.1) is 0 Å². The topological polar surface area (TPSA) is 42.2 Å². The van der Waals surface area contributed by atoms with Gasteiger partial charge in [-0.2, -0.15) is 13.2 Å². The summed E-state index contributed by atoms with van der Waals surface area (Å²) in [6.07, 6.45) is -4.69. The molecule has 1 N–H and O–H groups in total. The van der Waals surface area contributed by atoms with E-state index in [4.69, 9.17) is 0 Å². The molecule has 0 aliphatic rings. The molecule has 0 fully saturated rings. The Morgan fingerprint density at radius 3 is 2.29 bits per heavy atom. The highest BCUT2D eigenvalue weighted by Crippen LogP contribution is 2.21. The van der Waals surface area contributed by atoms with Crippen molar-refractivity contribution in [3.05, 3.63) is 27.7 Å². The first-order valence-corrected chi connectivity index (χ1v) is 6.70. The van der Waals surface area contributed by atoms with Crippen molar-refractivity contribution in [1.82, 2.24) is 4.57 Å². The normalized spacial score (nSPS) is 10.8. The van der Waals surface area contributed by atoms with Gasteiger partial charge in [0.15, 0.2) is 5.75 Å². The van der Waals surface area contributed by atoms with Gasteiger partial charge in [0.1, 0.15) is 0 Å². The third-order valence-electron chi connectivity index (χ3n) is 2.12. The Bertz CT molecular complexity index is 440. The van der Waals surface area contributed by atoms with Crippen LogP contribution in [0.15, 0.2) is 11.0 Å². The van der Waals surface area contributed by atoms with Crippen molar-refractivity contribution in [3.63, 3.8) is 0 Å². The number of alkyl halides is 4. The third kappa shape index (κ3) is 4.57. The maximum atomic E-state index is 12.1. The minimum Gasteiger partial charge on any atom is -0.503 e. The Kier molecular flexibility index (Phi) is 6.00. The fourth-order valence-electron chi connectivity index (χ4n) is 1.21. The van der Waals surface area contributed by atoms with E-state index in [1.54, 1.807) is 0 Å². The van der Waals surface area contributed by atoms with Gasteiger partial charge >= 0.3 is 6.18 Å². The minimum absolute atomic E-state index is 0.242. The molecule has 1 aromatic heterocycles. The number of hydrogen-bond acceptors (Lipinski definition) is 2. The molecular weight excluding hydrogens is 350 g/mol. The highest BCUT2D eigenvalue weighted by Gasteiger charge is 2.30. The molecule has 0 saturated carbocycles. The minimum atomic E-state index is -4.45. The summed E-state index contributed by atoms with van der Waals surface area (Å²) in [5.41, 5.74) is -1.16. The summed E-state index contributed by atoms with van der Waals surface area (Å²) in [5.74, 6) is -0.626. The lowest BCUT2D eigenvalue weighted by Gasteiger charge is -2.10. The Labute approximate surface area is 110 Å². The molecule has 0 saturated heterocycles. The van der Waals surface area contributed by atoms with Crippen LogP contribution in [0.25, 0.3) is 0 Å². The van der Waals surface area contributed by atoms with Gasteiger partial charge in [0.25, 0.3) is 0 Å². The zero-order valence-electron chi connectivity index (χ0n) is 9.60. The van der Waals surface area contributed by atoms with Gasteiger partial charge in [0, 0.05) is 18.8 Å². The fourth-order valence-corrected chi connectivity index (χ4v) is 1.21. The van der Waals surface area contributed by atoms with Crippen LogP contribution in [-0.4, -0.2) is 20.8 Å². The maximum absolute atomic E-state index is 12.1. The Hall–Kier alpha value is -0.730. The van der Waals surface area contributed by atoms with Gasteiger partial charge in [-0.05, 0) is 11.9 Å². The molecular formula is C10H13F3INO2. The van der Waals surface area contributed by atoms with E-state index >= 15 is 0 Å². The average Bonchev–Trinajstić information content (AvgIpc) is 2.24. The number of aryl methyl sites for hydroxylation is 1. The second-order valence-corrected chi connectivity index (χ2v) is 3.32. The van der Waals surface area contributed by atoms with Crippen molar-refractivity contribution >= 4 is 22.6 Å². The van der Waals surface area contributed by atoms with Crippen LogP contribution >= 0.6 is 22.6 Å². The summed E-state index contributed by atoms with van der Waals surface area (Å²) >= 11 is 2.15. The Balaban J connectivity index is 0.00000121. The van der Waals surface area contributed by atoms with Crippen molar-refractivity contribution in [2.45, 2.75) is 19.5 Å². The second kappa shape index (κ2) is 6.27. The molecule has 0 unspecified atom stereocenters. The summed E-state index contributed by atoms with van der Waals surface area (Å²) in [6, 6.07) is 0. The third-order valence-corrected chi connectivity index (χ3v) is 2.12. The van der Waals surface area contributed by atoms with Gasteiger partial charge in [-0.25, -0.2) is 0 Å². The summed E-state index contributed by atoms with van der Waals surface area (Å²) < 4.78 is 37.5. The molecule has 0 radical (unpaired) electrons. The molecule has 3 nitrogen and oxygen atoms in total. The number of halogens is 4. The van der Waals surface area contributed by atoms with E-state index in [2.05, 4.69) is 22.6 Å². The largest absolute Gasteiger partial charge is 0.503 e. The zero-order valence-corrected chi connectivity index (χ0v) is 11.8. The van der Waals surface area contributed by atoms with Crippen molar-refractivity contribution in [2.75, 3.05) is 4.93 Å².